The third-order valence-corrected chi connectivity index (χ3v) is 9.49. The summed E-state index contributed by atoms with van der Waals surface area (Å²) in [6.45, 7) is 5.34. The van der Waals surface area contributed by atoms with Gasteiger partial charge in [0.15, 0.2) is 10.9 Å². The summed E-state index contributed by atoms with van der Waals surface area (Å²) in [4.78, 5) is 32.7. The van der Waals surface area contributed by atoms with Crippen molar-refractivity contribution in [3.63, 3.8) is 0 Å². The fourth-order valence-electron chi connectivity index (χ4n) is 6.55. The van der Waals surface area contributed by atoms with Crippen LogP contribution < -0.4 is 15.2 Å². The minimum atomic E-state index is -1.08. The second-order valence-electron chi connectivity index (χ2n) is 11.3. The molecule has 4 aromatic rings. The second-order valence-corrected chi connectivity index (χ2v) is 12.4. The summed E-state index contributed by atoms with van der Waals surface area (Å²) in [5, 5.41) is 0.0537. The highest BCUT2D eigenvalue weighted by Gasteiger charge is 2.49. The Morgan fingerprint density at radius 1 is 1.18 bits per heavy atom. The van der Waals surface area contributed by atoms with Crippen molar-refractivity contribution in [1.29, 1.82) is 0 Å². The maximum absolute atomic E-state index is 16.4. The van der Waals surface area contributed by atoms with Crippen molar-refractivity contribution in [2.75, 3.05) is 38.5 Å². The molecule has 15 heteroatoms. The van der Waals surface area contributed by atoms with E-state index in [1.54, 1.807) is 4.90 Å². The molecule has 3 aliphatic heterocycles. The molecule has 10 nitrogen and oxygen atoms in total. The number of alkyl halides is 1. The minimum Gasteiger partial charge on any atom is -0.472 e. The summed E-state index contributed by atoms with van der Waals surface area (Å²) < 4.78 is 72.5. The number of carbonyl (C=O) groups is 1. The molecule has 7 rings (SSSR count). The zero-order valence-electron chi connectivity index (χ0n) is 23.4. The average molecular weight is 630 g/mol. The standard InChI is InChI=1S/C29H27F4N7O3S/c1-2-19(41)39-7-4-15(12-39)43-26-16-10-35-23(20-17(31)8-18(32)25-24(20)36-27(34)44-25)21(33)22(16)37-28(38-26)42-13-29-5-3-6-40(29)11-14(30)9-29/h2,8,10,14-15H,1,3-7,9,11-13H2,(H2,34,36). The lowest BCUT2D eigenvalue weighted by Gasteiger charge is -2.30. The Morgan fingerprint density at radius 3 is 2.84 bits per heavy atom. The molecular weight excluding hydrogens is 602 g/mol. The normalized spacial score (nSPS) is 23.5. The van der Waals surface area contributed by atoms with E-state index in [1.807, 2.05) is 0 Å². The Labute approximate surface area is 252 Å². The molecule has 0 spiro atoms. The first kappa shape index (κ1) is 28.6. The topological polar surface area (TPSA) is 120 Å². The Morgan fingerprint density at radius 2 is 2.02 bits per heavy atom. The van der Waals surface area contributed by atoms with Crippen LogP contribution in [0.5, 0.6) is 11.9 Å². The summed E-state index contributed by atoms with van der Waals surface area (Å²) in [6, 6.07) is 0.415. The van der Waals surface area contributed by atoms with Crippen molar-refractivity contribution >= 4 is 43.5 Å². The number of halogens is 4. The van der Waals surface area contributed by atoms with E-state index in [9.17, 15) is 13.6 Å². The lowest BCUT2D eigenvalue weighted by Crippen LogP contribution is -2.43. The SMILES string of the molecule is C=CC(=O)N1CCC(Oc2nc(OCC34CCCN3CC(F)C4)nc3c(F)c(-c4c(F)cc(F)c5sc(N)nc45)ncc23)C1. The number of nitrogen functional groups attached to an aromatic ring is 1. The van der Waals surface area contributed by atoms with Crippen LogP contribution in [0.1, 0.15) is 25.7 Å². The molecule has 3 fully saturated rings. The summed E-state index contributed by atoms with van der Waals surface area (Å²) in [5.74, 6) is -3.28. The molecule has 0 radical (unpaired) electrons. The Kier molecular flexibility index (Phi) is 7.03. The van der Waals surface area contributed by atoms with Crippen LogP contribution in [0.3, 0.4) is 0 Å². The summed E-state index contributed by atoms with van der Waals surface area (Å²) in [5.41, 5.74) is 3.97. The number of aromatic nitrogens is 4. The maximum Gasteiger partial charge on any atom is 0.320 e. The Bertz CT molecular complexity index is 1820. The van der Waals surface area contributed by atoms with Gasteiger partial charge in [-0.2, -0.15) is 9.97 Å². The van der Waals surface area contributed by atoms with E-state index in [-0.39, 0.29) is 62.8 Å². The van der Waals surface area contributed by atoms with E-state index < -0.39 is 41.0 Å². The van der Waals surface area contributed by atoms with E-state index in [4.69, 9.17) is 15.2 Å². The maximum atomic E-state index is 16.4. The third kappa shape index (κ3) is 4.78. The highest BCUT2D eigenvalue weighted by Crippen LogP contribution is 2.42. The number of anilines is 1. The molecule has 2 N–H and O–H groups in total. The van der Waals surface area contributed by atoms with Crippen LogP contribution in [-0.2, 0) is 4.79 Å². The molecule has 3 atom stereocenters. The predicted molar refractivity (Wildman–Crippen MR) is 155 cm³/mol. The quantitative estimate of drug-likeness (QED) is 0.234. The minimum absolute atomic E-state index is 0.0241. The molecule has 3 saturated heterocycles. The first-order valence-corrected chi connectivity index (χ1v) is 15.0. The number of fused-ring (bicyclic) bond motifs is 3. The number of nitrogens with two attached hydrogens (primary N) is 1. The summed E-state index contributed by atoms with van der Waals surface area (Å²) in [7, 11) is 0. The third-order valence-electron chi connectivity index (χ3n) is 8.60. The summed E-state index contributed by atoms with van der Waals surface area (Å²) in [6.07, 6.45) is 3.41. The lowest BCUT2D eigenvalue weighted by molar-refractivity contribution is -0.125. The van der Waals surface area contributed by atoms with Gasteiger partial charge in [-0.1, -0.05) is 17.9 Å². The van der Waals surface area contributed by atoms with Gasteiger partial charge in [0, 0.05) is 38.2 Å². The average Bonchev–Trinajstić information content (AvgIpc) is 3.76. The van der Waals surface area contributed by atoms with Crippen molar-refractivity contribution in [3.8, 4) is 23.1 Å². The van der Waals surface area contributed by atoms with Crippen molar-refractivity contribution in [2.45, 2.75) is 43.5 Å². The van der Waals surface area contributed by atoms with Gasteiger partial charge in [0.1, 0.15) is 41.7 Å². The molecule has 6 heterocycles. The van der Waals surface area contributed by atoms with E-state index in [0.717, 1.165) is 30.7 Å². The van der Waals surface area contributed by atoms with Crippen molar-refractivity contribution < 1.29 is 31.8 Å². The zero-order valence-corrected chi connectivity index (χ0v) is 24.2. The van der Waals surface area contributed by atoms with Gasteiger partial charge in [-0.3, -0.25) is 14.7 Å². The van der Waals surface area contributed by atoms with E-state index in [2.05, 4.69) is 31.4 Å². The van der Waals surface area contributed by atoms with Gasteiger partial charge in [0.25, 0.3) is 0 Å². The number of thiazole rings is 1. The highest BCUT2D eigenvalue weighted by atomic mass is 32.1. The smallest absolute Gasteiger partial charge is 0.320 e. The van der Waals surface area contributed by atoms with Crippen LogP contribution >= 0.6 is 11.3 Å². The van der Waals surface area contributed by atoms with Gasteiger partial charge in [-0.05, 0) is 25.5 Å². The number of amides is 1. The molecule has 1 aromatic carbocycles. The second kappa shape index (κ2) is 10.8. The first-order valence-electron chi connectivity index (χ1n) is 14.2. The molecule has 230 valence electrons. The predicted octanol–water partition coefficient (Wildman–Crippen LogP) is 4.42. The van der Waals surface area contributed by atoms with Gasteiger partial charge in [-0.15, -0.1) is 0 Å². The number of pyridine rings is 1. The van der Waals surface area contributed by atoms with Crippen molar-refractivity contribution in [2.24, 2.45) is 0 Å². The van der Waals surface area contributed by atoms with Gasteiger partial charge in [0.05, 0.1) is 33.2 Å². The molecule has 0 saturated carbocycles. The van der Waals surface area contributed by atoms with Crippen LogP contribution in [-0.4, -0.2) is 86.2 Å². The van der Waals surface area contributed by atoms with Crippen LogP contribution in [0.4, 0.5) is 22.7 Å². The number of likely N-dealkylation sites (tertiary alicyclic amines) is 1. The van der Waals surface area contributed by atoms with E-state index in [0.29, 0.717) is 32.0 Å². The van der Waals surface area contributed by atoms with Crippen molar-refractivity contribution in [1.82, 2.24) is 29.7 Å². The molecule has 3 aliphatic rings. The first-order chi connectivity index (χ1) is 21.2. The molecular formula is C29H27F4N7O3S. The molecule has 0 bridgehead atoms. The Balaban J connectivity index is 1.31. The van der Waals surface area contributed by atoms with E-state index in [1.165, 1.54) is 12.3 Å². The number of benzene rings is 1. The molecule has 3 unspecified atom stereocenters. The van der Waals surface area contributed by atoms with Crippen LogP contribution in [0.15, 0.2) is 24.9 Å². The lowest BCUT2D eigenvalue weighted by atomic mass is 9.95. The fraction of sp³-hybridized carbons (Fsp3) is 0.414. The summed E-state index contributed by atoms with van der Waals surface area (Å²) >= 11 is 0.802. The number of rotatable bonds is 7. The zero-order chi connectivity index (χ0) is 30.7. The molecule has 1 amide bonds. The van der Waals surface area contributed by atoms with Gasteiger partial charge in [0.2, 0.25) is 11.8 Å². The number of hydrogen-bond donors (Lipinski definition) is 1. The van der Waals surface area contributed by atoms with E-state index >= 15 is 8.78 Å². The highest BCUT2D eigenvalue weighted by molar-refractivity contribution is 7.22. The molecule has 44 heavy (non-hydrogen) atoms. The number of ether oxygens (including phenoxy) is 2. The number of nitrogens with zero attached hydrogens (tertiary/aromatic N) is 6. The number of hydrogen-bond acceptors (Lipinski definition) is 10. The van der Waals surface area contributed by atoms with Crippen LogP contribution in [0.25, 0.3) is 32.4 Å². The van der Waals surface area contributed by atoms with Gasteiger partial charge < -0.3 is 20.1 Å². The largest absolute Gasteiger partial charge is 0.472 e. The van der Waals surface area contributed by atoms with Crippen molar-refractivity contribution in [3.05, 3.63) is 42.4 Å². The van der Waals surface area contributed by atoms with Crippen LogP contribution in [0, 0.1) is 17.5 Å². The van der Waals surface area contributed by atoms with Gasteiger partial charge in [-0.25, -0.2) is 22.5 Å². The molecule has 0 aliphatic carbocycles. The molecule has 3 aromatic heterocycles. The van der Waals surface area contributed by atoms with Gasteiger partial charge >= 0.3 is 6.01 Å². The fourth-order valence-corrected chi connectivity index (χ4v) is 7.30. The Hall–Kier alpha value is -4.11. The number of carbonyl (C=O) groups excluding carboxylic acids is 1. The monoisotopic (exact) mass is 629 g/mol. The van der Waals surface area contributed by atoms with Crippen LogP contribution in [0.2, 0.25) is 0 Å².